The Bertz CT molecular complexity index is 925. The summed E-state index contributed by atoms with van der Waals surface area (Å²) in [5.74, 6) is 0.344. The molecule has 5 N–H and O–H groups in total. The second-order valence-electron chi connectivity index (χ2n) is 6.90. The van der Waals surface area contributed by atoms with Crippen LogP contribution in [0.25, 0.3) is 0 Å². The number of hydrogen-bond acceptors (Lipinski definition) is 10. The van der Waals surface area contributed by atoms with E-state index in [1.807, 2.05) is 0 Å². The molecule has 1 fully saturated rings. The minimum absolute atomic E-state index is 0.0725. The Morgan fingerprint density at radius 2 is 2.00 bits per heavy atom. The van der Waals surface area contributed by atoms with Crippen LogP contribution in [0.1, 0.15) is 37.7 Å². The highest BCUT2D eigenvalue weighted by atomic mass is 16.5. The predicted molar refractivity (Wildman–Crippen MR) is 117 cm³/mol. The summed E-state index contributed by atoms with van der Waals surface area (Å²) >= 11 is 0. The van der Waals surface area contributed by atoms with Crippen molar-refractivity contribution in [3.8, 4) is 5.75 Å². The van der Waals surface area contributed by atoms with Crippen molar-refractivity contribution in [3.05, 3.63) is 30.0 Å². The molecule has 1 aromatic carbocycles. The SMILES string of the molecule is COc1cc(N/N=C\C=N)cc(Nc2nc(NC3CCCCC3)ncc2C(=N)[O-])c1. The third-order valence-electron chi connectivity index (χ3n) is 4.72. The maximum atomic E-state index is 11.8. The van der Waals surface area contributed by atoms with Gasteiger partial charge in [0, 0.05) is 41.8 Å². The summed E-state index contributed by atoms with van der Waals surface area (Å²) in [4.78, 5) is 8.67. The highest BCUT2D eigenvalue weighted by molar-refractivity contribution is 6.14. The van der Waals surface area contributed by atoms with Crippen LogP contribution in [0.4, 0.5) is 23.1 Å². The van der Waals surface area contributed by atoms with Gasteiger partial charge in [-0.25, -0.2) is 4.98 Å². The first-order chi connectivity index (χ1) is 14.6. The van der Waals surface area contributed by atoms with Crippen molar-refractivity contribution >= 4 is 41.5 Å². The number of anilines is 4. The average Bonchev–Trinajstić information content (AvgIpc) is 2.74. The van der Waals surface area contributed by atoms with E-state index in [1.165, 1.54) is 31.7 Å². The number of hydrogen-bond donors (Lipinski definition) is 5. The Morgan fingerprint density at radius 3 is 2.70 bits per heavy atom. The van der Waals surface area contributed by atoms with Crippen LogP contribution in [0, 0.1) is 10.8 Å². The Kier molecular flexibility index (Phi) is 7.14. The number of aromatic nitrogens is 2. The summed E-state index contributed by atoms with van der Waals surface area (Å²) in [5.41, 5.74) is 4.07. The van der Waals surface area contributed by atoms with Crippen molar-refractivity contribution in [1.82, 2.24) is 9.97 Å². The molecule has 1 aliphatic carbocycles. The number of rotatable bonds is 9. The van der Waals surface area contributed by atoms with Crippen LogP contribution in [-0.4, -0.2) is 41.4 Å². The first kappa shape index (κ1) is 21.0. The molecule has 0 saturated heterocycles. The predicted octanol–water partition coefficient (Wildman–Crippen LogP) is 2.71. The van der Waals surface area contributed by atoms with E-state index in [9.17, 15) is 5.11 Å². The van der Waals surface area contributed by atoms with Crippen LogP contribution < -0.4 is 25.9 Å². The topological polar surface area (TPSA) is 154 Å². The zero-order valence-electron chi connectivity index (χ0n) is 16.7. The van der Waals surface area contributed by atoms with Gasteiger partial charge >= 0.3 is 0 Å². The summed E-state index contributed by atoms with van der Waals surface area (Å²) in [5, 5.41) is 36.6. The normalized spacial score (nSPS) is 14.3. The molecule has 0 atom stereocenters. The molecule has 0 spiro atoms. The molecule has 158 valence electrons. The van der Waals surface area contributed by atoms with E-state index >= 15 is 0 Å². The molecule has 0 radical (unpaired) electrons. The van der Waals surface area contributed by atoms with Crippen molar-refractivity contribution in [2.24, 2.45) is 5.10 Å². The van der Waals surface area contributed by atoms with Crippen molar-refractivity contribution in [2.45, 2.75) is 38.1 Å². The number of hydrazone groups is 1. The van der Waals surface area contributed by atoms with E-state index in [2.05, 4.69) is 31.1 Å². The van der Waals surface area contributed by atoms with Crippen molar-refractivity contribution in [2.75, 3.05) is 23.2 Å². The van der Waals surface area contributed by atoms with Crippen molar-refractivity contribution in [3.63, 3.8) is 0 Å². The summed E-state index contributed by atoms with van der Waals surface area (Å²) in [6, 6.07) is 5.53. The second kappa shape index (κ2) is 10.2. The number of ether oxygens (including phenoxy) is 1. The van der Waals surface area contributed by atoms with Crippen LogP contribution in [-0.2, 0) is 0 Å². The van der Waals surface area contributed by atoms with Crippen molar-refractivity contribution in [1.29, 1.82) is 10.8 Å². The third kappa shape index (κ3) is 5.66. The third-order valence-corrected chi connectivity index (χ3v) is 4.72. The molecule has 1 heterocycles. The van der Waals surface area contributed by atoms with Gasteiger partial charge in [-0.1, -0.05) is 19.3 Å². The van der Waals surface area contributed by atoms with Gasteiger partial charge in [0.1, 0.15) is 11.6 Å². The van der Waals surface area contributed by atoms with Crippen LogP contribution in [0.5, 0.6) is 5.75 Å². The molecular weight excluding hydrogens is 384 g/mol. The Hall–Kier alpha value is -3.69. The zero-order valence-corrected chi connectivity index (χ0v) is 16.7. The van der Waals surface area contributed by atoms with E-state index in [0.29, 0.717) is 29.1 Å². The lowest BCUT2D eigenvalue weighted by Gasteiger charge is -2.23. The minimum atomic E-state index is -0.876. The first-order valence-corrected chi connectivity index (χ1v) is 9.73. The summed E-state index contributed by atoms with van der Waals surface area (Å²) in [6.45, 7) is 0. The molecule has 10 heteroatoms. The van der Waals surface area contributed by atoms with Gasteiger partial charge in [-0.3, -0.25) is 5.43 Å². The van der Waals surface area contributed by atoms with Gasteiger partial charge in [-0.15, -0.1) is 0 Å². The quantitative estimate of drug-likeness (QED) is 0.242. The van der Waals surface area contributed by atoms with E-state index in [0.717, 1.165) is 19.1 Å². The fourth-order valence-corrected chi connectivity index (χ4v) is 3.28. The first-order valence-electron chi connectivity index (χ1n) is 9.73. The van der Waals surface area contributed by atoms with Gasteiger partial charge in [-0.05, 0) is 24.8 Å². The molecule has 0 aliphatic heterocycles. The lowest BCUT2D eigenvalue weighted by Crippen LogP contribution is -2.25. The zero-order chi connectivity index (χ0) is 21.3. The Balaban J connectivity index is 1.86. The molecule has 10 nitrogen and oxygen atoms in total. The monoisotopic (exact) mass is 409 g/mol. The molecule has 0 amide bonds. The second-order valence-corrected chi connectivity index (χ2v) is 6.90. The number of nitrogens with zero attached hydrogens (tertiary/aromatic N) is 3. The maximum Gasteiger partial charge on any atom is 0.224 e. The molecule has 30 heavy (non-hydrogen) atoms. The summed E-state index contributed by atoms with van der Waals surface area (Å²) in [7, 11) is 1.54. The number of benzene rings is 1. The molecule has 1 saturated carbocycles. The van der Waals surface area contributed by atoms with E-state index < -0.39 is 5.90 Å². The van der Waals surface area contributed by atoms with Crippen LogP contribution in [0.15, 0.2) is 29.5 Å². The molecular formula is C20H25N8O2-. The van der Waals surface area contributed by atoms with Gasteiger partial charge in [0.15, 0.2) is 0 Å². The molecule has 2 aromatic rings. The van der Waals surface area contributed by atoms with E-state index in [1.54, 1.807) is 25.3 Å². The number of methoxy groups -OCH3 is 1. The Labute approximate surface area is 174 Å². The highest BCUT2D eigenvalue weighted by Gasteiger charge is 2.16. The lowest BCUT2D eigenvalue weighted by atomic mass is 9.96. The fraction of sp³-hybridized carbons (Fsp3) is 0.350. The number of nitrogens with one attached hydrogen (secondary N) is 5. The van der Waals surface area contributed by atoms with Gasteiger partial charge < -0.3 is 31.3 Å². The largest absolute Gasteiger partial charge is 0.859 e. The van der Waals surface area contributed by atoms with E-state index in [-0.39, 0.29) is 11.4 Å². The molecule has 1 aliphatic rings. The minimum Gasteiger partial charge on any atom is -0.859 e. The molecule has 0 bridgehead atoms. The highest BCUT2D eigenvalue weighted by Crippen LogP contribution is 2.28. The standard InChI is InChI=1S/C20H26N8O2/c1-30-16-10-14(9-15(11-16)28-24-8-7-21)25-19-17(18(22)29)12-23-20(27-19)26-13-5-3-2-4-6-13/h7-13,21,28H,2-6H2,1H3,(H2,22,29)(H2,23,25,26,27)/p-1/b21-7?,24-8-. The summed E-state index contributed by atoms with van der Waals surface area (Å²) in [6.07, 6.45) is 9.44. The summed E-state index contributed by atoms with van der Waals surface area (Å²) < 4.78 is 5.32. The molecule has 3 rings (SSSR count). The van der Waals surface area contributed by atoms with Gasteiger partial charge in [0.2, 0.25) is 5.95 Å². The van der Waals surface area contributed by atoms with E-state index in [4.69, 9.17) is 15.6 Å². The van der Waals surface area contributed by atoms with Gasteiger partial charge in [-0.2, -0.15) is 10.1 Å². The van der Waals surface area contributed by atoms with Gasteiger partial charge in [0.05, 0.1) is 19.0 Å². The fourth-order valence-electron chi connectivity index (χ4n) is 3.28. The Morgan fingerprint density at radius 1 is 1.23 bits per heavy atom. The lowest BCUT2D eigenvalue weighted by molar-refractivity contribution is -0.214. The van der Waals surface area contributed by atoms with Crippen molar-refractivity contribution < 1.29 is 9.84 Å². The van der Waals surface area contributed by atoms with Crippen LogP contribution in [0.2, 0.25) is 0 Å². The van der Waals surface area contributed by atoms with Gasteiger partial charge in [0.25, 0.3) is 0 Å². The maximum absolute atomic E-state index is 11.8. The van der Waals surface area contributed by atoms with Crippen LogP contribution in [0.3, 0.4) is 0 Å². The smallest absolute Gasteiger partial charge is 0.224 e. The molecule has 0 unspecified atom stereocenters. The average molecular weight is 409 g/mol. The van der Waals surface area contributed by atoms with Crippen LogP contribution >= 0.6 is 0 Å². The molecule has 1 aromatic heterocycles.